The lowest BCUT2D eigenvalue weighted by Crippen LogP contribution is -2.08. The van der Waals surface area contributed by atoms with Crippen LogP contribution < -0.4 is 5.32 Å². The normalized spacial score (nSPS) is 21.5. The van der Waals surface area contributed by atoms with E-state index in [0.29, 0.717) is 10.9 Å². The smallest absolute Gasteiger partial charge is 0.143 e. The van der Waals surface area contributed by atoms with Gasteiger partial charge in [0.1, 0.15) is 5.82 Å². The van der Waals surface area contributed by atoms with Gasteiger partial charge in [0.25, 0.3) is 0 Å². The van der Waals surface area contributed by atoms with Gasteiger partial charge in [-0.2, -0.15) is 0 Å². The van der Waals surface area contributed by atoms with Gasteiger partial charge < -0.3 is 5.32 Å². The second kappa shape index (κ2) is 4.05. The number of nitrogens with one attached hydrogen (secondary N) is 1. The Morgan fingerprint density at radius 3 is 2.71 bits per heavy atom. The molecule has 1 aromatic rings. The lowest BCUT2D eigenvalue weighted by molar-refractivity contribution is 0.626. The van der Waals surface area contributed by atoms with E-state index in [1.807, 2.05) is 0 Å². The van der Waals surface area contributed by atoms with E-state index in [2.05, 4.69) is 5.32 Å². The Balaban J connectivity index is 2.37. The topological polar surface area (TPSA) is 12.0 Å². The Morgan fingerprint density at radius 1 is 1.29 bits per heavy atom. The number of hydrogen-bond donors (Lipinski definition) is 1. The molecule has 1 atom stereocenters. The predicted molar refractivity (Wildman–Crippen MR) is 56.6 cm³/mol. The van der Waals surface area contributed by atoms with Gasteiger partial charge in [-0.05, 0) is 36.6 Å². The Labute approximate surface area is 92.2 Å². The molecule has 0 bridgehead atoms. The van der Waals surface area contributed by atoms with Crippen LogP contribution in [0.15, 0.2) is 12.1 Å². The molecule has 0 aromatic heterocycles. The zero-order chi connectivity index (χ0) is 10.1. The summed E-state index contributed by atoms with van der Waals surface area (Å²) in [6.07, 6.45) is 1.03. The van der Waals surface area contributed by atoms with Crippen molar-refractivity contribution in [2.24, 2.45) is 0 Å². The minimum atomic E-state index is -0.452. The molecule has 1 heterocycles. The quantitative estimate of drug-likeness (QED) is 0.735. The van der Waals surface area contributed by atoms with Gasteiger partial charge in [-0.1, -0.05) is 23.2 Å². The first-order chi connectivity index (χ1) is 6.68. The van der Waals surface area contributed by atoms with Gasteiger partial charge >= 0.3 is 0 Å². The summed E-state index contributed by atoms with van der Waals surface area (Å²) in [5.41, 5.74) is 0.947. The fourth-order valence-electron chi connectivity index (χ4n) is 1.77. The van der Waals surface area contributed by atoms with Crippen molar-refractivity contribution in [3.8, 4) is 0 Å². The molecule has 1 aromatic carbocycles. The highest BCUT2D eigenvalue weighted by Gasteiger charge is 2.20. The van der Waals surface area contributed by atoms with E-state index < -0.39 is 5.82 Å². The van der Waals surface area contributed by atoms with E-state index >= 15 is 0 Å². The van der Waals surface area contributed by atoms with Crippen molar-refractivity contribution < 1.29 is 4.39 Å². The van der Waals surface area contributed by atoms with Gasteiger partial charge in [-0.15, -0.1) is 0 Å². The molecule has 76 valence electrons. The molecule has 0 spiro atoms. The molecular formula is C10H10Cl2FN. The standard InChI is InChI=1S/C10H10Cl2FN/c11-8-4-10(13)9(12)3-7(8)6-1-2-14-5-6/h3-4,6,14H,1-2,5H2. The number of benzene rings is 1. The molecule has 1 unspecified atom stereocenters. The third kappa shape index (κ3) is 1.88. The van der Waals surface area contributed by atoms with Gasteiger partial charge in [-0.25, -0.2) is 4.39 Å². The lowest BCUT2D eigenvalue weighted by atomic mass is 9.98. The van der Waals surface area contributed by atoms with Crippen molar-refractivity contribution in [1.29, 1.82) is 0 Å². The molecule has 0 aliphatic carbocycles. The maximum Gasteiger partial charge on any atom is 0.143 e. The van der Waals surface area contributed by atoms with E-state index in [-0.39, 0.29) is 5.02 Å². The second-order valence-electron chi connectivity index (χ2n) is 3.48. The van der Waals surface area contributed by atoms with Crippen LogP contribution in [0.4, 0.5) is 4.39 Å². The summed E-state index contributed by atoms with van der Waals surface area (Å²) >= 11 is 11.7. The summed E-state index contributed by atoms with van der Waals surface area (Å²) < 4.78 is 13.0. The number of halogens is 3. The Morgan fingerprint density at radius 2 is 2.07 bits per heavy atom. The van der Waals surface area contributed by atoms with E-state index in [9.17, 15) is 4.39 Å². The lowest BCUT2D eigenvalue weighted by Gasteiger charge is -2.11. The molecule has 1 aliphatic heterocycles. The van der Waals surface area contributed by atoms with Gasteiger partial charge in [0, 0.05) is 11.6 Å². The van der Waals surface area contributed by atoms with Crippen LogP contribution in [0.2, 0.25) is 10.0 Å². The summed E-state index contributed by atoms with van der Waals surface area (Å²) in [5.74, 6) is -0.0908. The molecular weight excluding hydrogens is 224 g/mol. The van der Waals surface area contributed by atoms with Gasteiger partial charge in [0.05, 0.1) is 5.02 Å². The van der Waals surface area contributed by atoms with Crippen molar-refractivity contribution in [1.82, 2.24) is 5.32 Å². The van der Waals surface area contributed by atoms with E-state index in [1.165, 1.54) is 6.07 Å². The first kappa shape index (κ1) is 10.2. The van der Waals surface area contributed by atoms with E-state index in [4.69, 9.17) is 23.2 Å². The maximum atomic E-state index is 13.0. The summed E-state index contributed by atoms with van der Waals surface area (Å²) in [6.45, 7) is 1.87. The van der Waals surface area contributed by atoms with Crippen molar-refractivity contribution in [2.75, 3.05) is 13.1 Å². The molecule has 1 N–H and O–H groups in total. The summed E-state index contributed by atoms with van der Waals surface area (Å²) in [5, 5.41) is 3.86. The molecule has 0 amide bonds. The molecule has 2 rings (SSSR count). The van der Waals surface area contributed by atoms with Crippen LogP contribution in [0.3, 0.4) is 0 Å². The first-order valence-electron chi connectivity index (χ1n) is 4.53. The number of rotatable bonds is 1. The van der Waals surface area contributed by atoms with Crippen molar-refractivity contribution in [2.45, 2.75) is 12.3 Å². The first-order valence-corrected chi connectivity index (χ1v) is 5.29. The van der Waals surface area contributed by atoms with Gasteiger partial charge in [0.2, 0.25) is 0 Å². The third-order valence-electron chi connectivity index (χ3n) is 2.54. The number of hydrogen-bond acceptors (Lipinski definition) is 1. The van der Waals surface area contributed by atoms with Crippen LogP contribution in [0.25, 0.3) is 0 Å². The summed E-state index contributed by atoms with van der Waals surface area (Å²) in [4.78, 5) is 0. The highest BCUT2D eigenvalue weighted by molar-refractivity contribution is 6.33. The monoisotopic (exact) mass is 233 g/mol. The van der Waals surface area contributed by atoms with Crippen molar-refractivity contribution >= 4 is 23.2 Å². The van der Waals surface area contributed by atoms with Crippen LogP contribution in [0.5, 0.6) is 0 Å². The minimum Gasteiger partial charge on any atom is -0.316 e. The molecule has 1 saturated heterocycles. The molecule has 4 heteroatoms. The molecule has 1 fully saturated rings. The maximum absolute atomic E-state index is 13.0. The SMILES string of the molecule is Fc1cc(Cl)c(C2CCNC2)cc1Cl. The predicted octanol–water partition coefficient (Wildman–Crippen LogP) is 3.21. The average Bonchev–Trinajstić information content (AvgIpc) is 2.64. The van der Waals surface area contributed by atoms with E-state index in [0.717, 1.165) is 25.1 Å². The summed E-state index contributed by atoms with van der Waals surface area (Å²) in [6, 6.07) is 2.93. The fraction of sp³-hybridized carbons (Fsp3) is 0.400. The third-order valence-corrected chi connectivity index (χ3v) is 3.16. The molecule has 0 saturated carbocycles. The van der Waals surface area contributed by atoms with Crippen molar-refractivity contribution in [3.05, 3.63) is 33.6 Å². The summed E-state index contributed by atoms with van der Waals surface area (Å²) in [7, 11) is 0. The fourth-order valence-corrected chi connectivity index (χ4v) is 2.25. The van der Waals surface area contributed by atoms with E-state index in [1.54, 1.807) is 6.07 Å². The molecule has 0 radical (unpaired) electrons. The second-order valence-corrected chi connectivity index (χ2v) is 4.29. The zero-order valence-corrected chi connectivity index (χ0v) is 9.00. The highest BCUT2D eigenvalue weighted by atomic mass is 35.5. The van der Waals surface area contributed by atoms with Crippen molar-refractivity contribution in [3.63, 3.8) is 0 Å². The largest absolute Gasteiger partial charge is 0.316 e. The van der Waals surface area contributed by atoms with Crippen LogP contribution in [-0.4, -0.2) is 13.1 Å². The molecule has 1 aliphatic rings. The van der Waals surface area contributed by atoms with Gasteiger partial charge in [0.15, 0.2) is 0 Å². The molecule has 1 nitrogen and oxygen atoms in total. The van der Waals surface area contributed by atoms with Crippen LogP contribution >= 0.6 is 23.2 Å². The van der Waals surface area contributed by atoms with Gasteiger partial charge in [-0.3, -0.25) is 0 Å². The molecule has 14 heavy (non-hydrogen) atoms. The Kier molecular flexibility index (Phi) is 2.96. The van der Waals surface area contributed by atoms with Crippen LogP contribution in [-0.2, 0) is 0 Å². The Bertz CT molecular complexity index is 348. The zero-order valence-electron chi connectivity index (χ0n) is 7.49. The Hall–Kier alpha value is -0.310. The van der Waals surface area contributed by atoms with Crippen LogP contribution in [0.1, 0.15) is 17.9 Å². The average molecular weight is 234 g/mol. The highest BCUT2D eigenvalue weighted by Crippen LogP contribution is 2.32. The minimum absolute atomic E-state index is 0.149. The van der Waals surface area contributed by atoms with Crippen LogP contribution in [0, 0.1) is 5.82 Å².